The highest BCUT2D eigenvalue weighted by Gasteiger charge is 2.31. The second-order valence-electron chi connectivity index (χ2n) is 3.81. The van der Waals surface area contributed by atoms with Crippen LogP contribution in [0.4, 0.5) is 13.2 Å². The summed E-state index contributed by atoms with van der Waals surface area (Å²) in [6.45, 7) is 1.74. The Morgan fingerprint density at radius 1 is 1.15 bits per heavy atom. The molecule has 0 aliphatic rings. The van der Waals surface area contributed by atoms with E-state index in [2.05, 4.69) is 30.6 Å². The number of hydrogen-bond acceptors (Lipinski definition) is 3. The lowest BCUT2D eigenvalue weighted by molar-refractivity contribution is -0.274. The van der Waals surface area contributed by atoms with Crippen molar-refractivity contribution in [2.75, 3.05) is 0 Å². The van der Waals surface area contributed by atoms with E-state index in [0.29, 0.717) is 21.6 Å². The number of nitrogens with zero attached hydrogens (tertiary/aromatic N) is 2. The van der Waals surface area contributed by atoms with Gasteiger partial charge in [0.15, 0.2) is 5.82 Å². The Balaban J connectivity index is 2.31. The second-order valence-corrected chi connectivity index (χ2v) is 4.96. The van der Waals surface area contributed by atoms with Crippen LogP contribution in [-0.4, -0.2) is 16.3 Å². The minimum atomic E-state index is -4.71. The van der Waals surface area contributed by atoms with E-state index in [9.17, 15) is 13.2 Å². The lowest BCUT2D eigenvalue weighted by Crippen LogP contribution is -2.16. The zero-order valence-corrected chi connectivity index (χ0v) is 12.3. The molecule has 0 radical (unpaired) electrons. The summed E-state index contributed by atoms with van der Waals surface area (Å²) in [4.78, 5) is 8.26. The topological polar surface area (TPSA) is 35.0 Å². The molecule has 1 aromatic heterocycles. The largest absolute Gasteiger partial charge is 0.573 e. The summed E-state index contributed by atoms with van der Waals surface area (Å²) in [6, 6.07) is 5.25. The van der Waals surface area contributed by atoms with Crippen LogP contribution < -0.4 is 4.74 Å². The van der Waals surface area contributed by atoms with Crippen molar-refractivity contribution < 1.29 is 17.9 Å². The lowest BCUT2D eigenvalue weighted by atomic mass is 10.2. The van der Waals surface area contributed by atoms with Crippen molar-refractivity contribution in [3.8, 4) is 17.1 Å². The third-order valence-electron chi connectivity index (χ3n) is 2.32. The van der Waals surface area contributed by atoms with Gasteiger partial charge in [0.05, 0.1) is 10.2 Å². The van der Waals surface area contributed by atoms with Gasteiger partial charge in [0.2, 0.25) is 0 Å². The first-order valence-electron chi connectivity index (χ1n) is 5.32. The van der Waals surface area contributed by atoms with Crippen molar-refractivity contribution in [2.45, 2.75) is 13.3 Å². The number of ether oxygens (including phenoxy) is 1. The molecule has 0 fully saturated rings. The van der Waals surface area contributed by atoms with Gasteiger partial charge in [-0.2, -0.15) is 0 Å². The quantitative estimate of drug-likeness (QED) is 0.718. The van der Waals surface area contributed by atoms with Crippen LogP contribution in [0.5, 0.6) is 5.75 Å². The highest BCUT2D eigenvalue weighted by Crippen LogP contribution is 2.28. The zero-order chi connectivity index (χ0) is 14.9. The standard InChI is InChI=1S/C12H7BrClF3N2O/c1-6-9(13)10(14)19-11(18-6)7-2-4-8(5-3-7)20-12(15,16)17/h2-5H,1H3. The van der Waals surface area contributed by atoms with Crippen LogP contribution in [0, 0.1) is 6.92 Å². The molecule has 0 saturated heterocycles. The molecule has 0 unspecified atom stereocenters. The molecule has 20 heavy (non-hydrogen) atoms. The average Bonchev–Trinajstić information content (AvgIpc) is 2.34. The number of aryl methyl sites for hydroxylation is 1. The first-order chi connectivity index (χ1) is 9.26. The second kappa shape index (κ2) is 5.57. The molecule has 8 heteroatoms. The van der Waals surface area contributed by atoms with Crippen LogP contribution in [0.25, 0.3) is 11.4 Å². The number of benzene rings is 1. The van der Waals surface area contributed by atoms with Gasteiger partial charge in [0.25, 0.3) is 0 Å². The molecule has 1 heterocycles. The van der Waals surface area contributed by atoms with E-state index in [-0.39, 0.29) is 10.9 Å². The van der Waals surface area contributed by atoms with E-state index in [4.69, 9.17) is 11.6 Å². The Hall–Kier alpha value is -1.34. The highest BCUT2D eigenvalue weighted by atomic mass is 79.9. The molecule has 2 aromatic rings. The van der Waals surface area contributed by atoms with E-state index in [0.717, 1.165) is 0 Å². The molecule has 0 amide bonds. The summed E-state index contributed by atoms with van der Waals surface area (Å²) < 4.78 is 40.5. The average molecular weight is 368 g/mol. The summed E-state index contributed by atoms with van der Waals surface area (Å²) in [5.41, 5.74) is 1.17. The molecule has 0 aliphatic heterocycles. The van der Waals surface area contributed by atoms with Crippen LogP contribution in [0.2, 0.25) is 5.15 Å². The predicted molar refractivity (Wildman–Crippen MR) is 71.6 cm³/mol. The van der Waals surface area contributed by atoms with Crippen LogP contribution in [0.1, 0.15) is 5.69 Å². The number of alkyl halides is 3. The van der Waals surface area contributed by atoms with E-state index >= 15 is 0 Å². The minimum Gasteiger partial charge on any atom is -0.406 e. The van der Waals surface area contributed by atoms with Crippen LogP contribution in [0.3, 0.4) is 0 Å². The van der Waals surface area contributed by atoms with Gasteiger partial charge in [-0.25, -0.2) is 9.97 Å². The Kier molecular flexibility index (Phi) is 4.19. The van der Waals surface area contributed by atoms with E-state index in [1.54, 1.807) is 6.92 Å². The van der Waals surface area contributed by atoms with Crippen molar-refractivity contribution in [3.63, 3.8) is 0 Å². The number of aromatic nitrogens is 2. The fourth-order valence-electron chi connectivity index (χ4n) is 1.46. The minimum absolute atomic E-state index is 0.239. The van der Waals surface area contributed by atoms with E-state index in [1.807, 2.05) is 0 Å². The third kappa shape index (κ3) is 3.61. The Labute approximate surface area is 125 Å². The van der Waals surface area contributed by atoms with Gasteiger partial charge in [0, 0.05) is 5.56 Å². The number of hydrogen-bond donors (Lipinski definition) is 0. The molecule has 3 nitrogen and oxygen atoms in total. The molecule has 0 saturated carbocycles. The highest BCUT2D eigenvalue weighted by molar-refractivity contribution is 9.10. The van der Waals surface area contributed by atoms with Gasteiger partial charge >= 0.3 is 6.36 Å². The summed E-state index contributed by atoms with van der Waals surface area (Å²) in [5, 5.41) is 0.239. The van der Waals surface area contributed by atoms with E-state index in [1.165, 1.54) is 24.3 Å². The monoisotopic (exact) mass is 366 g/mol. The SMILES string of the molecule is Cc1nc(-c2ccc(OC(F)(F)F)cc2)nc(Cl)c1Br. The first kappa shape index (κ1) is 15.1. The van der Waals surface area contributed by atoms with Gasteiger partial charge in [0.1, 0.15) is 10.9 Å². The van der Waals surface area contributed by atoms with Gasteiger partial charge in [-0.15, -0.1) is 13.2 Å². The van der Waals surface area contributed by atoms with Gasteiger partial charge in [-0.1, -0.05) is 11.6 Å². The molecule has 0 N–H and O–H groups in total. The zero-order valence-electron chi connectivity index (χ0n) is 10.0. The summed E-state index contributed by atoms with van der Waals surface area (Å²) in [5.74, 6) is 0.0236. The maximum atomic E-state index is 12.0. The molecule has 106 valence electrons. The van der Waals surface area contributed by atoms with Crippen molar-refractivity contribution in [1.82, 2.24) is 9.97 Å². The van der Waals surface area contributed by atoms with Crippen LogP contribution >= 0.6 is 27.5 Å². The summed E-state index contributed by atoms with van der Waals surface area (Å²) >= 11 is 9.14. The van der Waals surface area contributed by atoms with Gasteiger partial charge in [-0.3, -0.25) is 0 Å². The normalized spacial score (nSPS) is 11.5. The molecule has 0 aliphatic carbocycles. The van der Waals surface area contributed by atoms with Gasteiger partial charge < -0.3 is 4.74 Å². The summed E-state index contributed by atoms with van der Waals surface area (Å²) in [6.07, 6.45) is -4.71. The van der Waals surface area contributed by atoms with E-state index < -0.39 is 6.36 Å². The predicted octanol–water partition coefficient (Wildman–Crippen LogP) is 4.77. The number of halogens is 5. The van der Waals surface area contributed by atoms with Crippen molar-refractivity contribution in [3.05, 3.63) is 39.6 Å². The van der Waals surface area contributed by atoms with Gasteiger partial charge in [-0.05, 0) is 47.1 Å². The maximum Gasteiger partial charge on any atom is 0.573 e. The fraction of sp³-hybridized carbons (Fsp3) is 0.167. The van der Waals surface area contributed by atoms with Crippen LogP contribution in [0.15, 0.2) is 28.7 Å². The fourth-order valence-corrected chi connectivity index (χ4v) is 1.85. The van der Waals surface area contributed by atoms with Crippen molar-refractivity contribution in [1.29, 1.82) is 0 Å². The third-order valence-corrected chi connectivity index (χ3v) is 3.77. The molecular weight excluding hydrogens is 360 g/mol. The maximum absolute atomic E-state index is 12.0. The Bertz CT molecular complexity index is 609. The summed E-state index contributed by atoms with van der Waals surface area (Å²) in [7, 11) is 0. The Morgan fingerprint density at radius 2 is 1.75 bits per heavy atom. The first-order valence-corrected chi connectivity index (χ1v) is 6.49. The number of rotatable bonds is 2. The van der Waals surface area contributed by atoms with Crippen molar-refractivity contribution >= 4 is 27.5 Å². The molecule has 0 spiro atoms. The molecule has 2 rings (SSSR count). The van der Waals surface area contributed by atoms with Crippen molar-refractivity contribution in [2.24, 2.45) is 0 Å². The molecule has 1 aromatic carbocycles. The molecular formula is C12H7BrClF3N2O. The lowest BCUT2D eigenvalue weighted by Gasteiger charge is -2.09. The molecule has 0 atom stereocenters. The van der Waals surface area contributed by atoms with Crippen LogP contribution in [-0.2, 0) is 0 Å². The Morgan fingerprint density at radius 3 is 2.25 bits per heavy atom. The smallest absolute Gasteiger partial charge is 0.406 e. The molecule has 0 bridgehead atoms.